The van der Waals surface area contributed by atoms with Crippen molar-refractivity contribution >= 4 is 11.8 Å². The lowest BCUT2D eigenvalue weighted by Gasteiger charge is -2.36. The van der Waals surface area contributed by atoms with Gasteiger partial charge in [0.15, 0.2) is 0 Å². The lowest BCUT2D eigenvalue weighted by Crippen LogP contribution is -2.53. The van der Waals surface area contributed by atoms with Gasteiger partial charge in [-0.05, 0) is 38.1 Å². The van der Waals surface area contributed by atoms with E-state index in [0.29, 0.717) is 12.5 Å². The summed E-state index contributed by atoms with van der Waals surface area (Å²) in [6, 6.07) is -0.0489. The summed E-state index contributed by atoms with van der Waals surface area (Å²) in [7, 11) is 1.66. The van der Waals surface area contributed by atoms with Crippen molar-refractivity contribution in [3.05, 3.63) is 0 Å². The van der Waals surface area contributed by atoms with Gasteiger partial charge >= 0.3 is 0 Å². The molecule has 0 aromatic heterocycles. The number of nitrogens with zero attached hydrogens (tertiary/aromatic N) is 1. The second-order valence-corrected chi connectivity index (χ2v) is 5.87. The summed E-state index contributed by atoms with van der Waals surface area (Å²) in [6.07, 6.45) is 3.87. The molecule has 2 saturated heterocycles. The predicted octanol–water partition coefficient (Wildman–Crippen LogP) is 0.359. The van der Waals surface area contributed by atoms with Crippen molar-refractivity contribution < 1.29 is 9.59 Å². The molecule has 5 nitrogen and oxygen atoms in total. The van der Waals surface area contributed by atoms with Gasteiger partial charge in [-0.2, -0.15) is 0 Å². The van der Waals surface area contributed by atoms with Crippen LogP contribution in [0.15, 0.2) is 0 Å². The van der Waals surface area contributed by atoms with Crippen LogP contribution in [-0.2, 0) is 9.59 Å². The lowest BCUT2D eigenvalue weighted by atomic mass is 9.92. The van der Waals surface area contributed by atoms with Crippen molar-refractivity contribution in [2.75, 3.05) is 26.7 Å². The van der Waals surface area contributed by atoms with Crippen molar-refractivity contribution in [3.8, 4) is 0 Å². The number of likely N-dealkylation sites (tertiary alicyclic amines) is 1. The highest BCUT2D eigenvalue weighted by molar-refractivity contribution is 5.84. The molecule has 2 N–H and O–H groups in total. The van der Waals surface area contributed by atoms with E-state index in [1.54, 1.807) is 7.05 Å². The molecule has 0 radical (unpaired) electrons. The standard InChI is InChI=1S/C14H25N3O2/c1-10-5-6-16-12(8-10)14(19)17-7-3-4-11(9-17)13(18)15-2/h10-12,16H,3-9H2,1-2H3,(H,15,18). The van der Waals surface area contributed by atoms with E-state index in [2.05, 4.69) is 17.6 Å². The highest BCUT2D eigenvalue weighted by Gasteiger charge is 2.33. The van der Waals surface area contributed by atoms with E-state index in [-0.39, 0.29) is 23.8 Å². The zero-order chi connectivity index (χ0) is 13.8. The first-order valence-electron chi connectivity index (χ1n) is 7.35. The first-order chi connectivity index (χ1) is 9.11. The van der Waals surface area contributed by atoms with Crippen LogP contribution in [0.4, 0.5) is 0 Å². The zero-order valence-electron chi connectivity index (χ0n) is 11.9. The number of piperidine rings is 2. The van der Waals surface area contributed by atoms with Gasteiger partial charge in [-0.3, -0.25) is 9.59 Å². The maximum Gasteiger partial charge on any atom is 0.239 e. The number of hydrogen-bond acceptors (Lipinski definition) is 3. The maximum atomic E-state index is 12.5. The third kappa shape index (κ3) is 3.47. The molecule has 0 bridgehead atoms. The van der Waals surface area contributed by atoms with Gasteiger partial charge in [0.1, 0.15) is 0 Å². The molecule has 0 spiro atoms. The third-order valence-corrected chi connectivity index (χ3v) is 4.31. The van der Waals surface area contributed by atoms with Crippen LogP contribution in [0.1, 0.15) is 32.6 Å². The van der Waals surface area contributed by atoms with Gasteiger partial charge in [0.25, 0.3) is 0 Å². The molecule has 3 atom stereocenters. The Morgan fingerprint density at radius 2 is 2.11 bits per heavy atom. The Hall–Kier alpha value is -1.10. The number of amides is 2. The zero-order valence-corrected chi connectivity index (χ0v) is 11.9. The fourth-order valence-electron chi connectivity index (χ4n) is 3.11. The van der Waals surface area contributed by atoms with Crippen LogP contribution in [0, 0.1) is 11.8 Å². The van der Waals surface area contributed by atoms with E-state index in [1.165, 1.54) is 0 Å². The van der Waals surface area contributed by atoms with E-state index >= 15 is 0 Å². The van der Waals surface area contributed by atoms with Gasteiger partial charge in [0.05, 0.1) is 12.0 Å². The first-order valence-corrected chi connectivity index (χ1v) is 7.35. The van der Waals surface area contributed by atoms with Crippen molar-refractivity contribution in [3.63, 3.8) is 0 Å². The minimum absolute atomic E-state index is 0.0382. The van der Waals surface area contributed by atoms with Crippen molar-refractivity contribution in [1.29, 1.82) is 0 Å². The van der Waals surface area contributed by atoms with Gasteiger partial charge in [-0.15, -0.1) is 0 Å². The Morgan fingerprint density at radius 3 is 2.79 bits per heavy atom. The molecule has 2 amide bonds. The Balaban J connectivity index is 1.93. The molecule has 19 heavy (non-hydrogen) atoms. The van der Waals surface area contributed by atoms with Crippen LogP contribution in [0.3, 0.4) is 0 Å². The Bertz CT molecular complexity index is 346. The number of carbonyl (C=O) groups is 2. The largest absolute Gasteiger partial charge is 0.359 e. The van der Waals surface area contributed by atoms with Gasteiger partial charge < -0.3 is 15.5 Å². The minimum Gasteiger partial charge on any atom is -0.359 e. The van der Waals surface area contributed by atoms with Gasteiger partial charge in [-0.25, -0.2) is 0 Å². The van der Waals surface area contributed by atoms with Crippen LogP contribution in [0.25, 0.3) is 0 Å². The summed E-state index contributed by atoms with van der Waals surface area (Å²) < 4.78 is 0. The molecule has 0 aromatic carbocycles. The van der Waals surface area contributed by atoms with Crippen LogP contribution < -0.4 is 10.6 Å². The minimum atomic E-state index is -0.0489. The summed E-state index contributed by atoms with van der Waals surface area (Å²) in [6.45, 7) is 4.49. The van der Waals surface area contributed by atoms with E-state index in [4.69, 9.17) is 0 Å². The molecule has 2 aliphatic heterocycles. The number of rotatable bonds is 2. The topological polar surface area (TPSA) is 61.4 Å². The second-order valence-electron chi connectivity index (χ2n) is 5.87. The summed E-state index contributed by atoms with van der Waals surface area (Å²) >= 11 is 0. The van der Waals surface area contributed by atoms with Crippen LogP contribution in [-0.4, -0.2) is 49.4 Å². The molecule has 108 valence electrons. The molecule has 2 aliphatic rings. The molecule has 3 unspecified atom stereocenters. The molecular weight excluding hydrogens is 242 g/mol. The van der Waals surface area contributed by atoms with Gasteiger partial charge in [0, 0.05) is 20.1 Å². The smallest absolute Gasteiger partial charge is 0.239 e. The van der Waals surface area contributed by atoms with E-state index in [0.717, 1.165) is 38.8 Å². The van der Waals surface area contributed by atoms with Crippen LogP contribution in [0.2, 0.25) is 0 Å². The van der Waals surface area contributed by atoms with E-state index in [9.17, 15) is 9.59 Å². The van der Waals surface area contributed by atoms with E-state index < -0.39 is 0 Å². The molecule has 2 heterocycles. The molecule has 0 aliphatic carbocycles. The van der Waals surface area contributed by atoms with Gasteiger partial charge in [0.2, 0.25) is 11.8 Å². The number of nitrogens with one attached hydrogen (secondary N) is 2. The fraction of sp³-hybridized carbons (Fsp3) is 0.857. The molecule has 5 heteroatoms. The average Bonchev–Trinajstić information content (AvgIpc) is 2.45. The molecule has 0 saturated carbocycles. The Morgan fingerprint density at radius 1 is 1.32 bits per heavy atom. The van der Waals surface area contributed by atoms with Crippen molar-refractivity contribution in [2.45, 2.75) is 38.6 Å². The third-order valence-electron chi connectivity index (χ3n) is 4.31. The highest BCUT2D eigenvalue weighted by Crippen LogP contribution is 2.21. The molecule has 2 rings (SSSR count). The van der Waals surface area contributed by atoms with Crippen molar-refractivity contribution in [1.82, 2.24) is 15.5 Å². The maximum absolute atomic E-state index is 12.5. The Kier molecular flexibility index (Phi) is 4.80. The summed E-state index contributed by atoms with van der Waals surface area (Å²) in [5, 5.41) is 6.00. The SMILES string of the molecule is CNC(=O)C1CCCN(C(=O)C2CC(C)CCN2)C1. The second kappa shape index (κ2) is 6.37. The molecule has 0 aromatic rings. The molecule has 2 fully saturated rings. The molecular formula is C14H25N3O2. The van der Waals surface area contributed by atoms with Gasteiger partial charge in [-0.1, -0.05) is 6.92 Å². The first kappa shape index (κ1) is 14.3. The van der Waals surface area contributed by atoms with Crippen LogP contribution >= 0.6 is 0 Å². The van der Waals surface area contributed by atoms with Crippen molar-refractivity contribution in [2.24, 2.45) is 11.8 Å². The lowest BCUT2D eigenvalue weighted by molar-refractivity contribution is -0.138. The highest BCUT2D eigenvalue weighted by atomic mass is 16.2. The summed E-state index contributed by atoms with van der Waals surface area (Å²) in [4.78, 5) is 26.1. The Labute approximate surface area is 115 Å². The summed E-state index contributed by atoms with van der Waals surface area (Å²) in [5.41, 5.74) is 0. The number of carbonyl (C=O) groups excluding carboxylic acids is 2. The normalized spacial score (nSPS) is 31.9. The average molecular weight is 267 g/mol. The monoisotopic (exact) mass is 267 g/mol. The quantitative estimate of drug-likeness (QED) is 0.759. The van der Waals surface area contributed by atoms with E-state index in [1.807, 2.05) is 4.90 Å². The predicted molar refractivity (Wildman–Crippen MR) is 73.6 cm³/mol. The number of hydrogen-bond donors (Lipinski definition) is 2. The summed E-state index contributed by atoms with van der Waals surface area (Å²) in [5.74, 6) is 0.807. The fourth-order valence-corrected chi connectivity index (χ4v) is 3.11. The van der Waals surface area contributed by atoms with Crippen LogP contribution in [0.5, 0.6) is 0 Å².